The van der Waals surface area contributed by atoms with Gasteiger partial charge in [0, 0.05) is 17.1 Å². The number of benzene rings is 4. The molecule has 0 aromatic heterocycles. The van der Waals surface area contributed by atoms with E-state index in [9.17, 15) is 14.4 Å². The summed E-state index contributed by atoms with van der Waals surface area (Å²) in [4.78, 5) is 45.5. The summed E-state index contributed by atoms with van der Waals surface area (Å²) in [6, 6.07) is 29.2. The highest BCUT2D eigenvalue weighted by atomic mass is 16.2. The highest BCUT2D eigenvalue weighted by molar-refractivity contribution is 6.27. The quantitative estimate of drug-likeness (QED) is 0.304. The van der Waals surface area contributed by atoms with Gasteiger partial charge in [-0.1, -0.05) is 91.0 Å². The molecule has 7 rings (SSSR count). The third-order valence-electron chi connectivity index (χ3n) is 7.80. The minimum Gasteiger partial charge on any atom is -0.358 e. The number of hydrogen-bond acceptors (Lipinski definition) is 4. The summed E-state index contributed by atoms with van der Waals surface area (Å²) in [6.07, 6.45) is 3.86. The van der Waals surface area contributed by atoms with Crippen molar-refractivity contribution in [2.45, 2.75) is 12.1 Å². The van der Waals surface area contributed by atoms with E-state index < -0.39 is 17.9 Å². The van der Waals surface area contributed by atoms with Crippen LogP contribution in [0.1, 0.15) is 27.5 Å². The van der Waals surface area contributed by atoms with Gasteiger partial charge in [0.1, 0.15) is 6.04 Å². The van der Waals surface area contributed by atoms with Crippen LogP contribution in [-0.2, 0) is 9.59 Å². The lowest BCUT2D eigenvalue weighted by atomic mass is 9.83. The molecule has 5 heteroatoms. The van der Waals surface area contributed by atoms with Crippen molar-refractivity contribution >= 4 is 40.1 Å². The second kappa shape index (κ2) is 7.75. The Balaban J connectivity index is 1.41. The predicted octanol–water partition coefficient (Wildman–Crippen LogP) is 5.24. The maximum Gasteiger partial charge on any atom is 0.240 e. The summed E-state index contributed by atoms with van der Waals surface area (Å²) in [7, 11) is 0. The molecule has 5 nitrogen and oxygen atoms in total. The third kappa shape index (κ3) is 2.80. The molecule has 4 aromatic carbocycles. The molecule has 2 fully saturated rings. The highest BCUT2D eigenvalue weighted by Gasteiger charge is 2.64. The number of rotatable bonds is 3. The standard InChI is InChI=1S/C31H22N2O3/c34-29(21-11-2-1-3-12-21)28-26-25(27-23-15-7-5-10-20(23)17-18-32(27)28)30(35)33(31(26)36)24-16-8-13-19-9-4-6-14-22(19)24/h1-18,25-28H/t25-,26+,27+,28-/m0/s1. The molecule has 0 aliphatic carbocycles. The second-order valence-corrected chi connectivity index (χ2v) is 9.57. The Kier molecular flexibility index (Phi) is 4.48. The Morgan fingerprint density at radius 2 is 1.39 bits per heavy atom. The topological polar surface area (TPSA) is 57.7 Å². The molecule has 2 saturated heterocycles. The van der Waals surface area contributed by atoms with Crippen LogP contribution in [0.15, 0.2) is 103 Å². The smallest absolute Gasteiger partial charge is 0.240 e. The van der Waals surface area contributed by atoms with Gasteiger partial charge in [0.25, 0.3) is 0 Å². The number of hydrogen-bond donors (Lipinski definition) is 0. The van der Waals surface area contributed by atoms with Gasteiger partial charge in [0.2, 0.25) is 11.8 Å². The summed E-state index contributed by atoms with van der Waals surface area (Å²) >= 11 is 0. The summed E-state index contributed by atoms with van der Waals surface area (Å²) in [5.74, 6) is -2.12. The number of carbonyl (C=O) groups is 3. The number of imide groups is 1. The molecule has 3 aliphatic heterocycles. The first-order chi connectivity index (χ1) is 17.6. The molecule has 4 atom stereocenters. The third-order valence-corrected chi connectivity index (χ3v) is 7.80. The fraction of sp³-hybridized carbons (Fsp3) is 0.129. The largest absolute Gasteiger partial charge is 0.358 e. The lowest BCUT2D eigenvalue weighted by Crippen LogP contribution is -2.44. The molecule has 174 valence electrons. The normalized spacial score (nSPS) is 24.1. The van der Waals surface area contributed by atoms with Crippen LogP contribution in [0.4, 0.5) is 5.69 Å². The summed E-state index contributed by atoms with van der Waals surface area (Å²) < 4.78 is 0. The SMILES string of the molecule is O=C(c1ccccc1)[C@@H]1[C@@H]2C(=O)N(c3cccc4ccccc34)C(=O)[C@@H]2[C@H]2c3ccccc3C=CN12. The van der Waals surface area contributed by atoms with Gasteiger partial charge >= 0.3 is 0 Å². The number of anilines is 1. The molecule has 3 aliphatic rings. The number of amides is 2. The van der Waals surface area contributed by atoms with E-state index in [0.717, 1.165) is 21.9 Å². The molecular formula is C31H22N2O3. The van der Waals surface area contributed by atoms with Crippen LogP contribution in [0, 0.1) is 11.8 Å². The van der Waals surface area contributed by atoms with Gasteiger partial charge in [-0.3, -0.25) is 14.4 Å². The molecule has 0 saturated carbocycles. The first-order valence-corrected chi connectivity index (χ1v) is 12.1. The molecule has 0 radical (unpaired) electrons. The summed E-state index contributed by atoms with van der Waals surface area (Å²) in [6.45, 7) is 0. The highest BCUT2D eigenvalue weighted by Crippen LogP contribution is 2.54. The van der Waals surface area contributed by atoms with Crippen molar-refractivity contribution in [3.05, 3.63) is 120 Å². The van der Waals surface area contributed by atoms with Crippen molar-refractivity contribution in [3.63, 3.8) is 0 Å². The Labute approximate surface area is 208 Å². The van der Waals surface area contributed by atoms with Crippen molar-refractivity contribution in [2.24, 2.45) is 11.8 Å². The van der Waals surface area contributed by atoms with Crippen molar-refractivity contribution < 1.29 is 14.4 Å². The molecule has 2 amide bonds. The summed E-state index contributed by atoms with van der Waals surface area (Å²) in [5, 5.41) is 1.80. The van der Waals surface area contributed by atoms with Gasteiger partial charge in [-0.2, -0.15) is 0 Å². The van der Waals surface area contributed by atoms with Crippen LogP contribution < -0.4 is 4.90 Å². The van der Waals surface area contributed by atoms with Crippen LogP contribution in [-0.4, -0.2) is 28.5 Å². The van der Waals surface area contributed by atoms with Gasteiger partial charge in [-0.25, -0.2) is 4.90 Å². The van der Waals surface area contributed by atoms with E-state index in [1.54, 1.807) is 12.1 Å². The molecule has 0 unspecified atom stereocenters. The average molecular weight is 471 g/mol. The van der Waals surface area contributed by atoms with Crippen LogP contribution in [0.3, 0.4) is 0 Å². The van der Waals surface area contributed by atoms with E-state index in [1.165, 1.54) is 4.90 Å². The molecule has 3 heterocycles. The van der Waals surface area contributed by atoms with E-state index in [2.05, 4.69) is 0 Å². The molecular weight excluding hydrogens is 448 g/mol. The Morgan fingerprint density at radius 3 is 2.25 bits per heavy atom. The van der Waals surface area contributed by atoms with Gasteiger partial charge in [0.05, 0.1) is 23.6 Å². The zero-order chi connectivity index (χ0) is 24.4. The number of Topliss-reactive ketones (excluding diaryl/α,β-unsaturated/α-hetero) is 1. The Bertz CT molecular complexity index is 1590. The first kappa shape index (κ1) is 20.8. The zero-order valence-corrected chi connectivity index (χ0v) is 19.3. The summed E-state index contributed by atoms with van der Waals surface area (Å²) in [5.41, 5.74) is 3.10. The van der Waals surface area contributed by atoms with E-state index in [-0.39, 0.29) is 23.6 Å². The van der Waals surface area contributed by atoms with E-state index in [0.29, 0.717) is 11.3 Å². The average Bonchev–Trinajstić information content (AvgIpc) is 3.40. The monoisotopic (exact) mass is 470 g/mol. The Morgan fingerprint density at radius 1 is 0.694 bits per heavy atom. The predicted molar refractivity (Wildman–Crippen MR) is 138 cm³/mol. The Hall–Kier alpha value is -4.51. The molecule has 0 spiro atoms. The van der Waals surface area contributed by atoms with Crippen LogP contribution in [0.5, 0.6) is 0 Å². The number of fused-ring (bicyclic) bond motifs is 6. The van der Waals surface area contributed by atoms with Crippen molar-refractivity contribution in [2.75, 3.05) is 4.90 Å². The van der Waals surface area contributed by atoms with Gasteiger partial charge in [-0.05, 0) is 28.7 Å². The zero-order valence-electron chi connectivity index (χ0n) is 19.3. The van der Waals surface area contributed by atoms with Gasteiger partial charge in [0.15, 0.2) is 5.78 Å². The lowest BCUT2D eigenvalue weighted by molar-refractivity contribution is -0.123. The molecule has 4 aromatic rings. The van der Waals surface area contributed by atoms with E-state index in [4.69, 9.17) is 0 Å². The minimum atomic E-state index is -0.773. The van der Waals surface area contributed by atoms with E-state index in [1.807, 2.05) is 102 Å². The minimum absolute atomic E-state index is 0.141. The first-order valence-electron chi connectivity index (χ1n) is 12.1. The number of carbonyl (C=O) groups excluding carboxylic acids is 3. The molecule has 0 N–H and O–H groups in total. The fourth-order valence-corrected chi connectivity index (χ4v) is 6.27. The maximum atomic E-state index is 14.2. The van der Waals surface area contributed by atoms with Crippen molar-refractivity contribution in [1.82, 2.24) is 4.90 Å². The van der Waals surface area contributed by atoms with Crippen molar-refractivity contribution in [3.8, 4) is 0 Å². The molecule has 36 heavy (non-hydrogen) atoms. The lowest BCUT2D eigenvalue weighted by Gasteiger charge is -2.35. The van der Waals surface area contributed by atoms with Crippen LogP contribution >= 0.6 is 0 Å². The van der Waals surface area contributed by atoms with Gasteiger partial charge < -0.3 is 4.90 Å². The van der Waals surface area contributed by atoms with Gasteiger partial charge in [-0.15, -0.1) is 0 Å². The maximum absolute atomic E-state index is 14.2. The van der Waals surface area contributed by atoms with E-state index >= 15 is 0 Å². The number of ketones is 1. The van der Waals surface area contributed by atoms with Crippen LogP contribution in [0.2, 0.25) is 0 Å². The second-order valence-electron chi connectivity index (χ2n) is 9.57. The van der Waals surface area contributed by atoms with Crippen molar-refractivity contribution in [1.29, 1.82) is 0 Å². The fourth-order valence-electron chi connectivity index (χ4n) is 6.27. The number of nitrogens with zero attached hydrogens (tertiary/aromatic N) is 2. The molecule has 0 bridgehead atoms. The van der Waals surface area contributed by atoms with Crippen LogP contribution in [0.25, 0.3) is 16.8 Å².